The van der Waals surface area contributed by atoms with Gasteiger partial charge < -0.3 is 31.6 Å². The third-order valence-electron chi connectivity index (χ3n) is 3.60. The summed E-state index contributed by atoms with van der Waals surface area (Å²) in [4.78, 5) is 20.2. The molecule has 0 aliphatic rings. The molecule has 10 heteroatoms. The topological polar surface area (TPSA) is 137 Å². The number of halogens is 1. The van der Waals surface area contributed by atoms with Crippen molar-refractivity contribution in [2.75, 3.05) is 30.4 Å². The van der Waals surface area contributed by atoms with E-state index < -0.39 is 17.7 Å². The number of ether oxygens (including phenoxy) is 2. The summed E-state index contributed by atoms with van der Waals surface area (Å²) in [6.07, 6.45) is -0.571. The van der Waals surface area contributed by atoms with Gasteiger partial charge in [-0.25, -0.2) is 4.79 Å². The van der Waals surface area contributed by atoms with Gasteiger partial charge in [-0.05, 0) is 26.8 Å². The number of carbonyl (C=O) groups is 1. The molecular weight excluding hydrogens is 384 g/mol. The van der Waals surface area contributed by atoms with Gasteiger partial charge in [0, 0.05) is 12.1 Å². The van der Waals surface area contributed by atoms with Crippen LogP contribution in [0, 0.1) is 0 Å². The van der Waals surface area contributed by atoms with Crippen LogP contribution in [-0.2, 0) is 4.74 Å². The summed E-state index contributed by atoms with van der Waals surface area (Å²) in [6, 6.07) is 6.80. The van der Waals surface area contributed by atoms with Gasteiger partial charge in [-0.15, -0.1) is 0 Å². The molecular formula is C18H25ClN6O3. The third kappa shape index (κ3) is 5.78. The summed E-state index contributed by atoms with van der Waals surface area (Å²) in [7, 11) is 1.56. The Morgan fingerprint density at radius 1 is 1.25 bits per heavy atom. The zero-order valence-corrected chi connectivity index (χ0v) is 17.0. The van der Waals surface area contributed by atoms with Gasteiger partial charge in [-0.3, -0.25) is 0 Å². The van der Waals surface area contributed by atoms with Gasteiger partial charge in [-0.2, -0.15) is 9.97 Å². The molecule has 9 nitrogen and oxygen atoms in total. The largest absolute Gasteiger partial charge is 0.496 e. The van der Waals surface area contributed by atoms with Crippen molar-refractivity contribution in [3.63, 3.8) is 0 Å². The zero-order chi connectivity index (χ0) is 20.9. The molecule has 0 saturated carbocycles. The van der Waals surface area contributed by atoms with Crippen LogP contribution in [-0.4, -0.2) is 35.3 Å². The van der Waals surface area contributed by atoms with Gasteiger partial charge in [0.05, 0.1) is 13.2 Å². The summed E-state index contributed by atoms with van der Waals surface area (Å²) in [6.45, 7) is 5.58. The minimum absolute atomic E-state index is 0.0179. The lowest BCUT2D eigenvalue weighted by molar-refractivity contribution is 0.0506. The molecule has 152 valence electrons. The summed E-state index contributed by atoms with van der Waals surface area (Å²) in [5.41, 5.74) is 11.8. The maximum absolute atomic E-state index is 12.3. The predicted molar refractivity (Wildman–Crippen MR) is 109 cm³/mol. The first kappa shape index (κ1) is 21.4. The van der Waals surface area contributed by atoms with E-state index in [-0.39, 0.29) is 29.2 Å². The Morgan fingerprint density at radius 3 is 2.57 bits per heavy atom. The molecule has 1 unspecified atom stereocenters. The lowest BCUT2D eigenvalue weighted by Gasteiger charge is -2.25. The Morgan fingerprint density at radius 2 is 1.93 bits per heavy atom. The van der Waals surface area contributed by atoms with Gasteiger partial charge in [0.2, 0.25) is 5.95 Å². The molecule has 1 amide bonds. The first-order chi connectivity index (χ1) is 13.1. The van der Waals surface area contributed by atoms with Crippen LogP contribution in [0.4, 0.5) is 22.2 Å². The molecule has 1 aromatic heterocycles. The first-order valence-corrected chi connectivity index (χ1v) is 8.93. The van der Waals surface area contributed by atoms with E-state index >= 15 is 0 Å². The van der Waals surface area contributed by atoms with Crippen LogP contribution in [0.15, 0.2) is 24.3 Å². The monoisotopic (exact) mass is 408 g/mol. The van der Waals surface area contributed by atoms with E-state index in [1.54, 1.807) is 33.9 Å². The number of aromatic nitrogens is 2. The van der Waals surface area contributed by atoms with Crippen LogP contribution in [0.1, 0.15) is 32.4 Å². The number of hydrogen-bond acceptors (Lipinski definition) is 8. The van der Waals surface area contributed by atoms with Crippen molar-refractivity contribution in [1.82, 2.24) is 15.3 Å². The molecule has 1 heterocycles. The molecule has 6 N–H and O–H groups in total. The number of para-hydroxylation sites is 1. The highest BCUT2D eigenvalue weighted by Gasteiger charge is 2.23. The number of benzene rings is 1. The summed E-state index contributed by atoms with van der Waals surface area (Å²) < 4.78 is 10.8. The summed E-state index contributed by atoms with van der Waals surface area (Å²) in [5, 5.41) is 5.92. The Kier molecular flexibility index (Phi) is 6.74. The molecule has 28 heavy (non-hydrogen) atoms. The van der Waals surface area contributed by atoms with Gasteiger partial charge in [0.25, 0.3) is 0 Å². The average molecular weight is 409 g/mol. The number of nitrogens with one attached hydrogen (secondary N) is 2. The van der Waals surface area contributed by atoms with E-state index in [4.69, 9.17) is 32.5 Å². The Hall–Kier alpha value is -2.94. The Labute approximate surface area is 168 Å². The molecule has 0 bridgehead atoms. The van der Waals surface area contributed by atoms with E-state index in [1.165, 1.54) is 0 Å². The number of rotatable bonds is 6. The number of nitrogens with two attached hydrogens (primary N) is 2. The standard InChI is InChI=1S/C18H25ClN6O3/c1-18(2,3)28-17(26)23-11(10-7-5-6-8-12(10)27-4)9-22-15-13(20)14(19)24-16(21)25-15/h5-8,11H,9,20H2,1-4H3,(H,23,26)(H3,21,22,24,25). The fourth-order valence-electron chi connectivity index (χ4n) is 2.43. The van der Waals surface area contributed by atoms with Crippen LogP contribution in [0.2, 0.25) is 5.15 Å². The van der Waals surface area contributed by atoms with E-state index in [1.807, 2.05) is 18.2 Å². The molecule has 1 aromatic carbocycles. The van der Waals surface area contributed by atoms with Gasteiger partial charge in [-0.1, -0.05) is 29.8 Å². The van der Waals surface area contributed by atoms with E-state index in [0.29, 0.717) is 5.75 Å². The summed E-state index contributed by atoms with van der Waals surface area (Å²) in [5.74, 6) is 0.859. The molecule has 0 aliphatic carbocycles. The highest BCUT2D eigenvalue weighted by Crippen LogP contribution is 2.28. The van der Waals surface area contributed by atoms with Crippen LogP contribution < -0.4 is 26.8 Å². The van der Waals surface area contributed by atoms with Crippen LogP contribution in [0.5, 0.6) is 5.75 Å². The van der Waals surface area contributed by atoms with Crippen molar-refractivity contribution in [2.24, 2.45) is 0 Å². The average Bonchev–Trinajstić information content (AvgIpc) is 2.60. The minimum Gasteiger partial charge on any atom is -0.496 e. The maximum atomic E-state index is 12.3. The quantitative estimate of drug-likeness (QED) is 0.535. The van der Waals surface area contributed by atoms with Crippen molar-refractivity contribution >= 4 is 35.1 Å². The van der Waals surface area contributed by atoms with E-state index in [9.17, 15) is 4.79 Å². The molecule has 2 rings (SSSR count). The first-order valence-electron chi connectivity index (χ1n) is 8.55. The lowest BCUT2D eigenvalue weighted by atomic mass is 10.1. The van der Waals surface area contributed by atoms with Crippen LogP contribution in [0.25, 0.3) is 0 Å². The highest BCUT2D eigenvalue weighted by molar-refractivity contribution is 6.32. The highest BCUT2D eigenvalue weighted by atomic mass is 35.5. The normalized spacial score (nSPS) is 12.2. The number of carbonyl (C=O) groups excluding carboxylic acids is 1. The number of hydrogen-bond donors (Lipinski definition) is 4. The van der Waals surface area contributed by atoms with Crippen molar-refractivity contribution in [1.29, 1.82) is 0 Å². The molecule has 0 fully saturated rings. The number of amides is 1. The third-order valence-corrected chi connectivity index (χ3v) is 3.88. The predicted octanol–water partition coefficient (Wildman–Crippen LogP) is 2.98. The second-order valence-electron chi connectivity index (χ2n) is 6.96. The molecule has 1 atom stereocenters. The molecule has 0 radical (unpaired) electrons. The second kappa shape index (κ2) is 8.83. The number of alkyl carbamates (subject to hydrolysis) is 1. The van der Waals surface area contributed by atoms with Crippen molar-refractivity contribution in [2.45, 2.75) is 32.4 Å². The van der Waals surface area contributed by atoms with E-state index in [0.717, 1.165) is 5.56 Å². The Balaban J connectivity index is 2.27. The number of nitrogen functional groups attached to an aromatic ring is 2. The minimum atomic E-state index is -0.637. The SMILES string of the molecule is COc1ccccc1C(CNc1nc(N)nc(Cl)c1N)NC(=O)OC(C)(C)C. The van der Waals surface area contributed by atoms with Crippen LogP contribution >= 0.6 is 11.6 Å². The smallest absolute Gasteiger partial charge is 0.408 e. The fourth-order valence-corrected chi connectivity index (χ4v) is 2.61. The Bertz CT molecular complexity index is 841. The van der Waals surface area contributed by atoms with Crippen molar-refractivity contribution in [3.05, 3.63) is 35.0 Å². The van der Waals surface area contributed by atoms with Crippen LogP contribution in [0.3, 0.4) is 0 Å². The zero-order valence-electron chi connectivity index (χ0n) is 16.2. The van der Waals surface area contributed by atoms with E-state index in [2.05, 4.69) is 20.6 Å². The molecule has 0 saturated heterocycles. The van der Waals surface area contributed by atoms with Crippen molar-refractivity contribution < 1.29 is 14.3 Å². The number of methoxy groups -OCH3 is 1. The molecule has 0 aliphatic heterocycles. The van der Waals surface area contributed by atoms with Crippen molar-refractivity contribution in [3.8, 4) is 5.75 Å². The van der Waals surface area contributed by atoms with Gasteiger partial charge in [0.15, 0.2) is 11.0 Å². The molecule has 2 aromatic rings. The second-order valence-corrected chi connectivity index (χ2v) is 7.31. The number of anilines is 3. The maximum Gasteiger partial charge on any atom is 0.408 e. The number of nitrogens with zero attached hydrogens (tertiary/aromatic N) is 2. The van der Waals surface area contributed by atoms with Gasteiger partial charge in [0.1, 0.15) is 17.0 Å². The lowest BCUT2D eigenvalue weighted by Crippen LogP contribution is -2.37. The summed E-state index contributed by atoms with van der Waals surface area (Å²) >= 11 is 5.95. The van der Waals surface area contributed by atoms with Gasteiger partial charge >= 0.3 is 6.09 Å². The molecule has 0 spiro atoms. The fraction of sp³-hybridized carbons (Fsp3) is 0.389.